The molecule has 108 valence electrons. The molecule has 1 heterocycles. The molecule has 10 heteroatoms. The molecular formula is C9H8F6N2O2. The van der Waals surface area contributed by atoms with E-state index in [2.05, 4.69) is 14.5 Å². The summed E-state index contributed by atoms with van der Waals surface area (Å²) in [5.41, 5.74) is 3.18. The number of nitrogens with zero attached hydrogens (tertiary/aromatic N) is 1. The van der Waals surface area contributed by atoms with Gasteiger partial charge in [-0.2, -0.15) is 13.2 Å². The summed E-state index contributed by atoms with van der Waals surface area (Å²) < 4.78 is 81.7. The molecule has 0 radical (unpaired) electrons. The van der Waals surface area contributed by atoms with E-state index in [1.54, 1.807) is 0 Å². The van der Waals surface area contributed by atoms with Gasteiger partial charge >= 0.3 is 12.5 Å². The second-order valence-corrected chi connectivity index (χ2v) is 3.24. The fourth-order valence-electron chi connectivity index (χ4n) is 1.24. The van der Waals surface area contributed by atoms with Crippen LogP contribution >= 0.6 is 0 Å². The van der Waals surface area contributed by atoms with Crippen LogP contribution in [0.25, 0.3) is 0 Å². The van der Waals surface area contributed by atoms with Crippen LogP contribution in [0, 0.1) is 0 Å². The highest BCUT2D eigenvalue weighted by Crippen LogP contribution is 2.37. The van der Waals surface area contributed by atoms with Crippen molar-refractivity contribution in [2.75, 3.05) is 7.11 Å². The predicted octanol–water partition coefficient (Wildman–Crippen LogP) is 2.47. The van der Waals surface area contributed by atoms with E-state index in [4.69, 9.17) is 5.73 Å². The predicted molar refractivity (Wildman–Crippen MR) is 50.4 cm³/mol. The summed E-state index contributed by atoms with van der Waals surface area (Å²) in [5, 5.41) is 0. The van der Waals surface area contributed by atoms with Gasteiger partial charge in [0.1, 0.15) is 5.75 Å². The van der Waals surface area contributed by atoms with Crippen molar-refractivity contribution in [3.63, 3.8) is 0 Å². The number of methoxy groups -OCH3 is 1. The third kappa shape index (κ3) is 3.88. The lowest BCUT2D eigenvalue weighted by atomic mass is 10.2. The van der Waals surface area contributed by atoms with Gasteiger partial charge in [0.15, 0.2) is 5.69 Å². The summed E-state index contributed by atoms with van der Waals surface area (Å²) in [4.78, 5) is 2.78. The summed E-state index contributed by atoms with van der Waals surface area (Å²) in [5.74, 6) is -1.76. The van der Waals surface area contributed by atoms with Crippen LogP contribution in [0.15, 0.2) is 6.07 Å². The van der Waals surface area contributed by atoms with E-state index >= 15 is 0 Å². The van der Waals surface area contributed by atoms with Crippen molar-refractivity contribution in [2.45, 2.75) is 19.1 Å². The SMILES string of the molecule is COc1cc(C(F)(F)F)nc(OC(F)(F)F)c1CN. The third-order valence-electron chi connectivity index (χ3n) is 1.97. The van der Waals surface area contributed by atoms with Gasteiger partial charge in [0.05, 0.1) is 12.7 Å². The standard InChI is InChI=1S/C9H8F6N2O2/c1-18-5-2-6(8(10,11)12)17-7(4(5)3-16)19-9(13,14)15/h2H,3,16H2,1H3. The van der Waals surface area contributed by atoms with Crippen LogP contribution in [0.3, 0.4) is 0 Å². The molecule has 0 saturated heterocycles. The van der Waals surface area contributed by atoms with Crippen molar-refractivity contribution in [2.24, 2.45) is 5.73 Å². The van der Waals surface area contributed by atoms with Crippen molar-refractivity contribution in [1.82, 2.24) is 4.98 Å². The van der Waals surface area contributed by atoms with Crippen molar-refractivity contribution in [3.8, 4) is 11.6 Å². The van der Waals surface area contributed by atoms with E-state index in [0.717, 1.165) is 7.11 Å². The van der Waals surface area contributed by atoms with E-state index in [1.165, 1.54) is 0 Å². The third-order valence-corrected chi connectivity index (χ3v) is 1.97. The Morgan fingerprint density at radius 2 is 1.79 bits per heavy atom. The van der Waals surface area contributed by atoms with Crippen molar-refractivity contribution >= 4 is 0 Å². The topological polar surface area (TPSA) is 57.4 Å². The molecule has 0 aliphatic heterocycles. The van der Waals surface area contributed by atoms with Gasteiger partial charge in [0.25, 0.3) is 0 Å². The largest absolute Gasteiger partial charge is 0.574 e. The van der Waals surface area contributed by atoms with E-state index in [-0.39, 0.29) is 0 Å². The Bertz CT molecular complexity index is 457. The lowest BCUT2D eigenvalue weighted by Gasteiger charge is -2.16. The maximum atomic E-state index is 12.5. The molecule has 2 N–H and O–H groups in total. The molecule has 4 nitrogen and oxygen atoms in total. The van der Waals surface area contributed by atoms with Gasteiger partial charge in [-0.15, -0.1) is 13.2 Å². The van der Waals surface area contributed by atoms with Crippen LogP contribution < -0.4 is 15.2 Å². The molecular weight excluding hydrogens is 282 g/mol. The Morgan fingerprint density at radius 3 is 2.16 bits per heavy atom. The molecule has 1 aromatic rings. The number of aromatic nitrogens is 1. The minimum absolute atomic E-state index is 0.409. The fraction of sp³-hybridized carbons (Fsp3) is 0.444. The number of nitrogens with two attached hydrogens (primary N) is 1. The van der Waals surface area contributed by atoms with Crippen molar-refractivity contribution in [1.29, 1.82) is 0 Å². The highest BCUT2D eigenvalue weighted by Gasteiger charge is 2.38. The van der Waals surface area contributed by atoms with Crippen LogP contribution in [-0.4, -0.2) is 18.5 Å². The number of pyridine rings is 1. The molecule has 0 aliphatic carbocycles. The first-order valence-corrected chi connectivity index (χ1v) is 4.69. The van der Waals surface area contributed by atoms with E-state index in [9.17, 15) is 26.3 Å². The van der Waals surface area contributed by atoms with Crippen LogP contribution in [0.2, 0.25) is 0 Å². The quantitative estimate of drug-likeness (QED) is 0.869. The Hall–Kier alpha value is -1.71. The van der Waals surface area contributed by atoms with Crippen LogP contribution in [0.4, 0.5) is 26.3 Å². The molecule has 1 rings (SSSR count). The Kier molecular flexibility index (Phi) is 4.13. The Morgan fingerprint density at radius 1 is 1.21 bits per heavy atom. The highest BCUT2D eigenvalue weighted by molar-refractivity contribution is 5.42. The Balaban J connectivity index is 3.40. The first kappa shape index (κ1) is 15.3. The summed E-state index contributed by atoms with van der Waals surface area (Å²) in [6.07, 6.45) is -10.1. The summed E-state index contributed by atoms with van der Waals surface area (Å²) >= 11 is 0. The molecule has 0 aromatic carbocycles. The average molecular weight is 290 g/mol. The van der Waals surface area contributed by atoms with Crippen LogP contribution in [-0.2, 0) is 12.7 Å². The van der Waals surface area contributed by atoms with E-state index in [0.29, 0.717) is 6.07 Å². The van der Waals surface area contributed by atoms with Gasteiger partial charge in [0, 0.05) is 12.6 Å². The smallest absolute Gasteiger partial charge is 0.496 e. The molecule has 0 amide bonds. The van der Waals surface area contributed by atoms with Gasteiger partial charge in [-0.05, 0) is 0 Å². The number of halogens is 6. The highest BCUT2D eigenvalue weighted by atomic mass is 19.4. The zero-order valence-electron chi connectivity index (χ0n) is 9.39. The van der Waals surface area contributed by atoms with Crippen LogP contribution in [0.1, 0.15) is 11.3 Å². The van der Waals surface area contributed by atoms with Gasteiger partial charge in [-0.1, -0.05) is 0 Å². The number of hydrogen-bond donors (Lipinski definition) is 1. The first-order valence-electron chi connectivity index (χ1n) is 4.69. The molecule has 0 spiro atoms. The lowest BCUT2D eigenvalue weighted by Crippen LogP contribution is -2.21. The fourth-order valence-corrected chi connectivity index (χ4v) is 1.24. The zero-order chi connectivity index (χ0) is 14.8. The molecule has 0 aliphatic rings. The monoisotopic (exact) mass is 290 g/mol. The maximum Gasteiger partial charge on any atom is 0.574 e. The van der Waals surface area contributed by atoms with E-state index in [1.807, 2.05) is 0 Å². The van der Waals surface area contributed by atoms with Crippen molar-refractivity contribution in [3.05, 3.63) is 17.3 Å². The maximum absolute atomic E-state index is 12.5. The summed E-state index contributed by atoms with van der Waals surface area (Å²) in [6, 6.07) is 0.450. The molecule has 0 fully saturated rings. The molecule has 0 atom stereocenters. The minimum atomic E-state index is -5.19. The second-order valence-electron chi connectivity index (χ2n) is 3.24. The zero-order valence-corrected chi connectivity index (χ0v) is 9.39. The first-order chi connectivity index (χ1) is 8.58. The second kappa shape index (κ2) is 5.11. The lowest BCUT2D eigenvalue weighted by molar-refractivity contribution is -0.276. The normalized spacial score (nSPS) is 12.4. The molecule has 19 heavy (non-hydrogen) atoms. The molecule has 0 bridgehead atoms. The summed E-state index contributed by atoms with van der Waals surface area (Å²) in [6.45, 7) is -0.528. The van der Waals surface area contributed by atoms with Crippen molar-refractivity contribution < 1.29 is 35.8 Å². The van der Waals surface area contributed by atoms with E-state index < -0.39 is 42.0 Å². The van der Waals surface area contributed by atoms with Crippen LogP contribution in [0.5, 0.6) is 11.6 Å². The van der Waals surface area contributed by atoms with Gasteiger partial charge in [-0.3, -0.25) is 0 Å². The number of hydrogen-bond acceptors (Lipinski definition) is 4. The molecule has 1 aromatic heterocycles. The average Bonchev–Trinajstić information content (AvgIpc) is 2.24. The van der Waals surface area contributed by atoms with Gasteiger partial charge in [-0.25, -0.2) is 4.98 Å². The Labute approximate surface area is 103 Å². The van der Waals surface area contributed by atoms with Gasteiger partial charge in [0.2, 0.25) is 5.88 Å². The number of alkyl halides is 6. The number of ether oxygens (including phenoxy) is 2. The summed E-state index contributed by atoms with van der Waals surface area (Å²) in [7, 11) is 0.992. The minimum Gasteiger partial charge on any atom is -0.496 e. The molecule has 0 saturated carbocycles. The number of rotatable bonds is 3. The molecule has 0 unspecified atom stereocenters. The van der Waals surface area contributed by atoms with Gasteiger partial charge < -0.3 is 15.2 Å².